The number of thiophene rings is 1. The number of hydrogen-bond donors (Lipinski definition) is 0. The molecule has 1 unspecified atom stereocenters. The molecule has 0 saturated carbocycles. The molecule has 1 aromatic rings. The summed E-state index contributed by atoms with van der Waals surface area (Å²) in [6.45, 7) is 7.24. The molecule has 96 valence electrons. The summed E-state index contributed by atoms with van der Waals surface area (Å²) in [5.74, 6) is 0.199. The standard InChI is InChI=1S/C14H23NOS/c1-4-7-9-12(5-2)15(6-3)14(16)13-10-8-11-17-13/h8,10-12H,4-7,9H2,1-3H3. The molecule has 0 bridgehead atoms. The molecule has 0 fully saturated rings. The Labute approximate surface area is 109 Å². The van der Waals surface area contributed by atoms with Gasteiger partial charge in [-0.05, 0) is 31.2 Å². The van der Waals surface area contributed by atoms with Crippen LogP contribution in [0, 0.1) is 0 Å². The van der Waals surface area contributed by atoms with Gasteiger partial charge in [-0.1, -0.05) is 32.8 Å². The van der Waals surface area contributed by atoms with Crippen molar-refractivity contribution in [1.82, 2.24) is 4.90 Å². The number of amides is 1. The Hall–Kier alpha value is -0.830. The zero-order chi connectivity index (χ0) is 12.7. The third-order valence-electron chi connectivity index (χ3n) is 3.14. The Morgan fingerprint density at radius 1 is 1.41 bits per heavy atom. The van der Waals surface area contributed by atoms with Gasteiger partial charge in [0.1, 0.15) is 0 Å². The monoisotopic (exact) mass is 253 g/mol. The van der Waals surface area contributed by atoms with Crippen LogP contribution in [0.3, 0.4) is 0 Å². The summed E-state index contributed by atoms with van der Waals surface area (Å²) in [7, 11) is 0. The Balaban J connectivity index is 2.71. The van der Waals surface area contributed by atoms with E-state index < -0.39 is 0 Å². The van der Waals surface area contributed by atoms with Crippen molar-refractivity contribution >= 4 is 17.2 Å². The van der Waals surface area contributed by atoms with E-state index in [2.05, 4.69) is 20.8 Å². The summed E-state index contributed by atoms with van der Waals surface area (Å²) >= 11 is 1.54. The van der Waals surface area contributed by atoms with Gasteiger partial charge < -0.3 is 4.90 Å². The van der Waals surface area contributed by atoms with E-state index in [4.69, 9.17) is 0 Å². The lowest BCUT2D eigenvalue weighted by atomic mass is 10.1. The maximum atomic E-state index is 12.3. The third kappa shape index (κ3) is 3.84. The minimum Gasteiger partial charge on any atom is -0.335 e. The Morgan fingerprint density at radius 3 is 2.65 bits per heavy atom. The topological polar surface area (TPSA) is 20.3 Å². The average molecular weight is 253 g/mol. The van der Waals surface area contributed by atoms with Crippen LogP contribution < -0.4 is 0 Å². The Kier molecular flexibility index (Phi) is 6.27. The van der Waals surface area contributed by atoms with E-state index >= 15 is 0 Å². The smallest absolute Gasteiger partial charge is 0.264 e. The summed E-state index contributed by atoms with van der Waals surface area (Å²) in [5, 5.41) is 1.97. The quantitative estimate of drug-likeness (QED) is 0.714. The summed E-state index contributed by atoms with van der Waals surface area (Å²) in [6.07, 6.45) is 4.57. The van der Waals surface area contributed by atoms with Crippen molar-refractivity contribution < 1.29 is 4.79 Å². The minimum atomic E-state index is 0.199. The van der Waals surface area contributed by atoms with Crippen LogP contribution in [0.5, 0.6) is 0 Å². The second kappa shape index (κ2) is 7.49. The number of carbonyl (C=O) groups excluding carboxylic acids is 1. The second-order valence-electron chi connectivity index (χ2n) is 4.27. The van der Waals surface area contributed by atoms with Crippen molar-refractivity contribution in [2.24, 2.45) is 0 Å². The fourth-order valence-corrected chi connectivity index (χ4v) is 2.81. The van der Waals surface area contributed by atoms with Crippen LogP contribution >= 0.6 is 11.3 Å². The van der Waals surface area contributed by atoms with Crippen molar-refractivity contribution in [3.63, 3.8) is 0 Å². The number of hydrogen-bond acceptors (Lipinski definition) is 2. The van der Waals surface area contributed by atoms with Crippen molar-refractivity contribution in [2.45, 2.75) is 52.5 Å². The molecular formula is C14H23NOS. The highest BCUT2D eigenvalue weighted by Crippen LogP contribution is 2.18. The molecule has 1 atom stereocenters. The molecule has 0 saturated heterocycles. The van der Waals surface area contributed by atoms with Crippen LogP contribution in [-0.2, 0) is 0 Å². The van der Waals surface area contributed by atoms with E-state index in [0.717, 1.165) is 24.3 Å². The maximum absolute atomic E-state index is 12.3. The summed E-state index contributed by atoms with van der Waals surface area (Å²) in [6, 6.07) is 4.26. The molecule has 17 heavy (non-hydrogen) atoms. The molecule has 0 aliphatic heterocycles. The zero-order valence-electron chi connectivity index (χ0n) is 11.1. The lowest BCUT2D eigenvalue weighted by molar-refractivity contribution is 0.0678. The Morgan fingerprint density at radius 2 is 2.18 bits per heavy atom. The van der Waals surface area contributed by atoms with Crippen LogP contribution in [0.25, 0.3) is 0 Å². The van der Waals surface area contributed by atoms with E-state index in [9.17, 15) is 4.79 Å². The van der Waals surface area contributed by atoms with E-state index in [1.165, 1.54) is 24.2 Å². The molecule has 0 spiro atoms. The highest BCUT2D eigenvalue weighted by Gasteiger charge is 2.22. The third-order valence-corrected chi connectivity index (χ3v) is 3.99. The van der Waals surface area contributed by atoms with Crippen LogP contribution in [-0.4, -0.2) is 23.4 Å². The van der Waals surface area contributed by atoms with Gasteiger partial charge in [0, 0.05) is 12.6 Å². The second-order valence-corrected chi connectivity index (χ2v) is 5.22. The zero-order valence-corrected chi connectivity index (χ0v) is 11.9. The fraction of sp³-hybridized carbons (Fsp3) is 0.643. The number of nitrogens with zero attached hydrogens (tertiary/aromatic N) is 1. The number of carbonyl (C=O) groups is 1. The number of rotatable bonds is 7. The largest absolute Gasteiger partial charge is 0.335 e. The molecule has 0 aliphatic carbocycles. The lowest BCUT2D eigenvalue weighted by Gasteiger charge is -2.30. The maximum Gasteiger partial charge on any atom is 0.264 e. The molecule has 0 N–H and O–H groups in total. The summed E-state index contributed by atoms with van der Waals surface area (Å²) < 4.78 is 0. The first-order valence-corrected chi connectivity index (χ1v) is 7.46. The van der Waals surface area contributed by atoms with E-state index in [1.807, 2.05) is 22.4 Å². The van der Waals surface area contributed by atoms with Gasteiger partial charge in [0.05, 0.1) is 4.88 Å². The van der Waals surface area contributed by atoms with Crippen molar-refractivity contribution in [2.75, 3.05) is 6.54 Å². The fourth-order valence-electron chi connectivity index (χ4n) is 2.13. The van der Waals surface area contributed by atoms with Gasteiger partial charge in [0.25, 0.3) is 5.91 Å². The normalized spacial score (nSPS) is 12.4. The van der Waals surface area contributed by atoms with Gasteiger partial charge in [-0.25, -0.2) is 0 Å². The molecule has 3 heteroatoms. The van der Waals surface area contributed by atoms with Crippen molar-refractivity contribution in [3.8, 4) is 0 Å². The van der Waals surface area contributed by atoms with Gasteiger partial charge in [-0.15, -0.1) is 11.3 Å². The molecule has 0 radical (unpaired) electrons. The van der Waals surface area contributed by atoms with Gasteiger partial charge in [-0.3, -0.25) is 4.79 Å². The van der Waals surface area contributed by atoms with E-state index in [-0.39, 0.29) is 5.91 Å². The van der Waals surface area contributed by atoms with Crippen molar-refractivity contribution in [3.05, 3.63) is 22.4 Å². The average Bonchev–Trinajstić information content (AvgIpc) is 2.87. The van der Waals surface area contributed by atoms with E-state index in [0.29, 0.717) is 6.04 Å². The highest BCUT2D eigenvalue weighted by molar-refractivity contribution is 7.12. The molecular weight excluding hydrogens is 230 g/mol. The molecule has 1 heterocycles. The summed E-state index contributed by atoms with van der Waals surface area (Å²) in [4.78, 5) is 15.2. The van der Waals surface area contributed by atoms with Gasteiger partial charge >= 0.3 is 0 Å². The molecule has 0 aliphatic rings. The van der Waals surface area contributed by atoms with Crippen LogP contribution in [0.15, 0.2) is 17.5 Å². The molecule has 1 rings (SSSR count). The molecule has 1 amide bonds. The minimum absolute atomic E-state index is 0.199. The predicted molar refractivity (Wildman–Crippen MR) is 74.6 cm³/mol. The first kappa shape index (κ1) is 14.2. The van der Waals surface area contributed by atoms with Crippen LogP contribution in [0.2, 0.25) is 0 Å². The number of unbranched alkanes of at least 4 members (excludes halogenated alkanes) is 1. The van der Waals surface area contributed by atoms with Crippen LogP contribution in [0.1, 0.15) is 56.1 Å². The molecule has 1 aromatic heterocycles. The highest BCUT2D eigenvalue weighted by atomic mass is 32.1. The Bertz CT molecular complexity index is 321. The first-order chi connectivity index (χ1) is 8.24. The first-order valence-electron chi connectivity index (χ1n) is 6.59. The van der Waals surface area contributed by atoms with Gasteiger partial charge in [-0.2, -0.15) is 0 Å². The van der Waals surface area contributed by atoms with Gasteiger partial charge in [0.2, 0.25) is 0 Å². The van der Waals surface area contributed by atoms with E-state index in [1.54, 1.807) is 0 Å². The van der Waals surface area contributed by atoms with Crippen molar-refractivity contribution in [1.29, 1.82) is 0 Å². The van der Waals surface area contributed by atoms with Crippen LogP contribution in [0.4, 0.5) is 0 Å². The molecule has 2 nitrogen and oxygen atoms in total. The lowest BCUT2D eigenvalue weighted by Crippen LogP contribution is -2.39. The SMILES string of the molecule is CCCCC(CC)N(CC)C(=O)c1cccs1. The summed E-state index contributed by atoms with van der Waals surface area (Å²) in [5.41, 5.74) is 0. The predicted octanol–water partition coefficient (Wildman–Crippen LogP) is 4.18. The molecule has 0 aromatic carbocycles. The van der Waals surface area contributed by atoms with Gasteiger partial charge in [0.15, 0.2) is 0 Å².